The number of piperazine rings is 1. The Bertz CT molecular complexity index is 1000. The molecule has 0 radical (unpaired) electrons. The first kappa shape index (κ1) is 21.3. The van der Waals surface area contributed by atoms with Gasteiger partial charge in [0.15, 0.2) is 0 Å². The number of H-pyrrole nitrogens is 1. The van der Waals surface area contributed by atoms with Gasteiger partial charge in [-0.15, -0.1) is 0 Å². The third-order valence-electron chi connectivity index (χ3n) is 5.85. The van der Waals surface area contributed by atoms with Crippen LogP contribution in [0.15, 0.2) is 41.2 Å². The molecule has 164 valence electrons. The molecule has 0 spiro atoms. The van der Waals surface area contributed by atoms with E-state index in [1.54, 1.807) is 21.9 Å². The van der Waals surface area contributed by atoms with Crippen molar-refractivity contribution in [3.63, 3.8) is 0 Å². The number of ether oxygens (including phenoxy) is 1. The fourth-order valence-electron chi connectivity index (χ4n) is 4.00. The van der Waals surface area contributed by atoms with Gasteiger partial charge in [-0.1, -0.05) is 23.8 Å². The van der Waals surface area contributed by atoms with Gasteiger partial charge in [0.2, 0.25) is 5.91 Å². The summed E-state index contributed by atoms with van der Waals surface area (Å²) in [5.74, 6) is -0.216. The zero-order chi connectivity index (χ0) is 21.8. The summed E-state index contributed by atoms with van der Waals surface area (Å²) < 4.78 is 5.32. The standard InChI is InChI=1S/C23H28N4O4/c1-17-3-2-4-18(15-17)20-6-5-19(22(29)24-20)23(30)27-9-7-26(8-10-27)21(28)16-25-11-13-31-14-12-25/h2-6,15H,7-14,16H2,1H3,(H,24,29). The number of hydrogen-bond acceptors (Lipinski definition) is 5. The summed E-state index contributed by atoms with van der Waals surface area (Å²) in [6.45, 7) is 7.04. The highest BCUT2D eigenvalue weighted by molar-refractivity contribution is 5.94. The molecule has 0 unspecified atom stereocenters. The lowest BCUT2D eigenvalue weighted by Gasteiger charge is -2.36. The number of aromatic amines is 1. The number of morpholine rings is 1. The second kappa shape index (κ2) is 9.45. The smallest absolute Gasteiger partial charge is 0.261 e. The Labute approximate surface area is 181 Å². The molecule has 8 nitrogen and oxygen atoms in total. The lowest BCUT2D eigenvalue weighted by atomic mass is 10.1. The first-order chi connectivity index (χ1) is 15.0. The molecule has 0 atom stereocenters. The minimum atomic E-state index is -0.394. The van der Waals surface area contributed by atoms with E-state index in [4.69, 9.17) is 4.74 Å². The second-order valence-electron chi connectivity index (χ2n) is 8.05. The number of nitrogens with zero attached hydrogens (tertiary/aromatic N) is 3. The number of pyridine rings is 1. The summed E-state index contributed by atoms with van der Waals surface area (Å²) in [4.78, 5) is 46.4. The SMILES string of the molecule is Cc1cccc(-c2ccc(C(=O)N3CCN(C(=O)CN4CCOCC4)CC3)c(=O)[nH]2)c1. The van der Waals surface area contributed by atoms with Crippen molar-refractivity contribution in [1.29, 1.82) is 0 Å². The molecule has 8 heteroatoms. The molecule has 0 saturated carbocycles. The summed E-state index contributed by atoms with van der Waals surface area (Å²) >= 11 is 0. The number of rotatable bonds is 4. The normalized spacial score (nSPS) is 17.6. The van der Waals surface area contributed by atoms with E-state index in [0.717, 1.165) is 24.2 Å². The van der Waals surface area contributed by atoms with Crippen LogP contribution < -0.4 is 5.56 Å². The van der Waals surface area contributed by atoms with E-state index in [0.29, 0.717) is 51.6 Å². The highest BCUT2D eigenvalue weighted by Crippen LogP contribution is 2.17. The van der Waals surface area contributed by atoms with Gasteiger partial charge in [-0.3, -0.25) is 19.3 Å². The van der Waals surface area contributed by atoms with Crippen molar-refractivity contribution in [3.8, 4) is 11.3 Å². The zero-order valence-corrected chi connectivity index (χ0v) is 17.8. The Morgan fingerprint density at radius 3 is 2.35 bits per heavy atom. The average molecular weight is 425 g/mol. The minimum Gasteiger partial charge on any atom is -0.379 e. The first-order valence-corrected chi connectivity index (χ1v) is 10.7. The fourth-order valence-corrected chi connectivity index (χ4v) is 4.00. The van der Waals surface area contributed by atoms with Crippen LogP contribution in [0.25, 0.3) is 11.3 Å². The Hall–Kier alpha value is -2.97. The maximum absolute atomic E-state index is 12.9. The van der Waals surface area contributed by atoms with E-state index in [9.17, 15) is 14.4 Å². The van der Waals surface area contributed by atoms with Gasteiger partial charge in [-0.05, 0) is 30.7 Å². The Balaban J connectivity index is 1.36. The largest absolute Gasteiger partial charge is 0.379 e. The fraction of sp³-hybridized carbons (Fsp3) is 0.435. The van der Waals surface area contributed by atoms with Crippen molar-refractivity contribution in [2.45, 2.75) is 6.92 Å². The van der Waals surface area contributed by atoms with Crippen LogP contribution in [-0.4, -0.2) is 90.5 Å². The molecule has 0 aliphatic carbocycles. The zero-order valence-electron chi connectivity index (χ0n) is 17.8. The Morgan fingerprint density at radius 1 is 0.968 bits per heavy atom. The van der Waals surface area contributed by atoms with Crippen molar-refractivity contribution >= 4 is 11.8 Å². The number of nitrogens with one attached hydrogen (secondary N) is 1. The van der Waals surface area contributed by atoms with Crippen LogP contribution in [0.3, 0.4) is 0 Å². The van der Waals surface area contributed by atoms with Crippen molar-refractivity contribution in [3.05, 3.63) is 57.9 Å². The quantitative estimate of drug-likeness (QED) is 0.791. The van der Waals surface area contributed by atoms with Crippen molar-refractivity contribution in [2.75, 3.05) is 59.0 Å². The van der Waals surface area contributed by atoms with E-state index in [-0.39, 0.29) is 17.4 Å². The van der Waals surface area contributed by atoms with Gasteiger partial charge in [0.1, 0.15) is 5.56 Å². The first-order valence-electron chi connectivity index (χ1n) is 10.7. The molecule has 2 fully saturated rings. The predicted molar refractivity (Wildman–Crippen MR) is 117 cm³/mol. The van der Waals surface area contributed by atoms with E-state index in [1.165, 1.54) is 0 Å². The number of aromatic nitrogens is 1. The van der Waals surface area contributed by atoms with E-state index in [2.05, 4.69) is 9.88 Å². The molecule has 2 aliphatic rings. The van der Waals surface area contributed by atoms with E-state index >= 15 is 0 Å². The molecule has 0 bridgehead atoms. The number of hydrogen-bond donors (Lipinski definition) is 1. The van der Waals surface area contributed by atoms with Crippen LogP contribution in [0.4, 0.5) is 0 Å². The number of aryl methyl sites for hydroxylation is 1. The molecule has 31 heavy (non-hydrogen) atoms. The minimum absolute atomic E-state index is 0.0781. The number of amides is 2. The van der Waals surface area contributed by atoms with Crippen molar-refractivity contribution in [1.82, 2.24) is 19.7 Å². The molecule has 1 aromatic carbocycles. The summed E-state index contributed by atoms with van der Waals surface area (Å²) in [7, 11) is 0. The summed E-state index contributed by atoms with van der Waals surface area (Å²) in [6, 6.07) is 11.2. The van der Waals surface area contributed by atoms with Crippen molar-refractivity contribution in [2.24, 2.45) is 0 Å². The molecule has 2 aliphatic heterocycles. The molecule has 2 amide bonds. The van der Waals surface area contributed by atoms with Crippen molar-refractivity contribution < 1.29 is 14.3 Å². The van der Waals surface area contributed by atoms with Gasteiger partial charge < -0.3 is 19.5 Å². The van der Waals surface area contributed by atoms with Crippen LogP contribution in [0, 0.1) is 6.92 Å². The molecule has 2 saturated heterocycles. The number of carbonyl (C=O) groups excluding carboxylic acids is 2. The molecule has 1 N–H and O–H groups in total. The monoisotopic (exact) mass is 424 g/mol. The number of carbonyl (C=O) groups is 2. The van der Waals surface area contributed by atoms with Gasteiger partial charge in [-0.2, -0.15) is 0 Å². The molecule has 1 aromatic heterocycles. The van der Waals surface area contributed by atoms with Gasteiger partial charge in [-0.25, -0.2) is 0 Å². The predicted octanol–water partition coefficient (Wildman–Crippen LogP) is 0.967. The van der Waals surface area contributed by atoms with E-state index < -0.39 is 5.56 Å². The Morgan fingerprint density at radius 2 is 1.68 bits per heavy atom. The van der Waals surface area contributed by atoms with Crippen LogP contribution in [0.2, 0.25) is 0 Å². The van der Waals surface area contributed by atoms with Gasteiger partial charge >= 0.3 is 0 Å². The molecule has 2 aromatic rings. The van der Waals surface area contributed by atoms with E-state index in [1.807, 2.05) is 31.2 Å². The molecular formula is C23H28N4O4. The Kier molecular flexibility index (Phi) is 6.48. The van der Waals surface area contributed by atoms with Crippen LogP contribution in [0.5, 0.6) is 0 Å². The number of benzene rings is 1. The topological polar surface area (TPSA) is 85.9 Å². The van der Waals surface area contributed by atoms with Gasteiger partial charge in [0.05, 0.1) is 19.8 Å². The van der Waals surface area contributed by atoms with Gasteiger partial charge in [0.25, 0.3) is 11.5 Å². The summed E-state index contributed by atoms with van der Waals surface area (Å²) in [5, 5.41) is 0. The lowest BCUT2D eigenvalue weighted by Crippen LogP contribution is -2.53. The molecule has 3 heterocycles. The van der Waals surface area contributed by atoms with Crippen LogP contribution >= 0.6 is 0 Å². The molecule has 4 rings (SSSR count). The maximum Gasteiger partial charge on any atom is 0.261 e. The second-order valence-corrected chi connectivity index (χ2v) is 8.05. The van der Waals surface area contributed by atoms with Crippen LogP contribution in [-0.2, 0) is 9.53 Å². The lowest BCUT2D eigenvalue weighted by molar-refractivity contribution is -0.134. The highest BCUT2D eigenvalue weighted by atomic mass is 16.5. The summed E-state index contributed by atoms with van der Waals surface area (Å²) in [6.07, 6.45) is 0. The third-order valence-corrected chi connectivity index (χ3v) is 5.85. The highest BCUT2D eigenvalue weighted by Gasteiger charge is 2.27. The van der Waals surface area contributed by atoms with Gasteiger partial charge in [0, 0.05) is 45.0 Å². The summed E-state index contributed by atoms with van der Waals surface area (Å²) in [5.41, 5.74) is 2.42. The molecular weight excluding hydrogens is 396 g/mol. The maximum atomic E-state index is 12.9. The van der Waals surface area contributed by atoms with Crippen LogP contribution in [0.1, 0.15) is 15.9 Å². The third kappa shape index (κ3) is 5.03. The average Bonchev–Trinajstić information content (AvgIpc) is 2.79.